The summed E-state index contributed by atoms with van der Waals surface area (Å²) in [6.07, 6.45) is 1.54. The molecule has 1 N–H and O–H groups in total. The third-order valence-corrected chi connectivity index (χ3v) is 3.94. The van der Waals surface area contributed by atoms with Crippen LogP contribution in [-0.2, 0) is 0 Å². The Balaban J connectivity index is 1.81. The Kier molecular flexibility index (Phi) is 4.95. The van der Waals surface area contributed by atoms with E-state index in [2.05, 4.69) is 10.3 Å². The number of amides is 1. The Labute approximate surface area is 149 Å². The Morgan fingerprint density at radius 1 is 1.12 bits per heavy atom. The molecule has 3 rings (SSSR count). The molecule has 1 amide bonds. The van der Waals surface area contributed by atoms with Gasteiger partial charge in [-0.3, -0.25) is 4.79 Å². The van der Waals surface area contributed by atoms with E-state index in [1.165, 1.54) is 12.1 Å². The van der Waals surface area contributed by atoms with E-state index >= 15 is 0 Å². The number of aromatic nitrogens is 1. The van der Waals surface area contributed by atoms with Crippen LogP contribution in [0, 0.1) is 5.82 Å². The average Bonchev–Trinajstić information content (AvgIpc) is 2.64. The highest BCUT2D eigenvalue weighted by atomic mass is 35.5. The number of para-hydroxylation sites is 1. The quantitative estimate of drug-likeness (QED) is 0.724. The summed E-state index contributed by atoms with van der Waals surface area (Å²) < 4.78 is 13.2. The van der Waals surface area contributed by atoms with Gasteiger partial charge in [-0.1, -0.05) is 29.8 Å². The molecule has 1 aromatic heterocycles. The molecule has 0 aliphatic carbocycles. The van der Waals surface area contributed by atoms with Crippen LogP contribution in [0.3, 0.4) is 0 Å². The predicted octanol–water partition coefficient (Wildman–Crippen LogP) is 4.89. The Hall–Kier alpha value is -2.92. The third-order valence-electron chi connectivity index (χ3n) is 3.65. The summed E-state index contributed by atoms with van der Waals surface area (Å²) >= 11 is 5.77. The number of hydrogen-bond donors (Lipinski definition) is 1. The maximum atomic E-state index is 13.2. The third kappa shape index (κ3) is 3.95. The topological polar surface area (TPSA) is 45.2 Å². The monoisotopic (exact) mass is 355 g/mol. The molecule has 0 aliphatic heterocycles. The molecule has 4 nitrogen and oxygen atoms in total. The normalized spacial score (nSPS) is 10.4. The summed E-state index contributed by atoms with van der Waals surface area (Å²) in [5, 5.41) is 3.03. The van der Waals surface area contributed by atoms with Crippen LogP contribution in [0.25, 0.3) is 0 Å². The summed E-state index contributed by atoms with van der Waals surface area (Å²) in [7, 11) is 1.71. The molecule has 6 heteroatoms. The van der Waals surface area contributed by atoms with E-state index in [0.717, 1.165) is 5.69 Å². The second-order valence-corrected chi connectivity index (χ2v) is 5.79. The van der Waals surface area contributed by atoms with Crippen molar-refractivity contribution in [1.82, 2.24) is 4.98 Å². The highest BCUT2D eigenvalue weighted by Gasteiger charge is 2.14. The summed E-state index contributed by atoms with van der Waals surface area (Å²) in [5.41, 5.74) is 1.86. The number of benzene rings is 2. The molecule has 0 radical (unpaired) electrons. The van der Waals surface area contributed by atoms with Crippen molar-refractivity contribution in [1.29, 1.82) is 0 Å². The van der Waals surface area contributed by atoms with E-state index in [9.17, 15) is 9.18 Å². The minimum absolute atomic E-state index is 0.0149. The van der Waals surface area contributed by atoms with Crippen molar-refractivity contribution in [3.05, 3.63) is 83.3 Å². The first-order valence-corrected chi connectivity index (χ1v) is 7.93. The highest BCUT2D eigenvalue weighted by molar-refractivity contribution is 6.31. The zero-order valence-electron chi connectivity index (χ0n) is 13.4. The SMILES string of the molecule is CN(C(=O)c1ccnc(Nc2ccc(F)c(Cl)c2)c1)c1ccccc1. The van der Waals surface area contributed by atoms with Gasteiger partial charge < -0.3 is 10.2 Å². The maximum absolute atomic E-state index is 13.2. The lowest BCUT2D eigenvalue weighted by Gasteiger charge is -2.17. The number of pyridine rings is 1. The van der Waals surface area contributed by atoms with E-state index in [1.54, 1.807) is 36.3 Å². The zero-order chi connectivity index (χ0) is 17.8. The molecule has 0 fully saturated rings. The lowest BCUT2D eigenvalue weighted by Crippen LogP contribution is -2.26. The molecule has 0 saturated carbocycles. The van der Waals surface area contributed by atoms with Crippen molar-refractivity contribution in [3.63, 3.8) is 0 Å². The Morgan fingerprint density at radius 3 is 2.60 bits per heavy atom. The van der Waals surface area contributed by atoms with Gasteiger partial charge in [-0.2, -0.15) is 0 Å². The van der Waals surface area contributed by atoms with E-state index in [-0.39, 0.29) is 10.9 Å². The maximum Gasteiger partial charge on any atom is 0.258 e. The van der Waals surface area contributed by atoms with E-state index < -0.39 is 5.82 Å². The van der Waals surface area contributed by atoms with Crippen LogP contribution in [0.5, 0.6) is 0 Å². The minimum atomic E-state index is -0.492. The van der Waals surface area contributed by atoms with Gasteiger partial charge in [-0.05, 0) is 42.5 Å². The van der Waals surface area contributed by atoms with Crippen LogP contribution in [-0.4, -0.2) is 17.9 Å². The van der Waals surface area contributed by atoms with Crippen LogP contribution < -0.4 is 10.2 Å². The first kappa shape index (κ1) is 16.9. The van der Waals surface area contributed by atoms with Crippen molar-refractivity contribution >= 4 is 34.7 Å². The van der Waals surface area contributed by atoms with Gasteiger partial charge in [0.25, 0.3) is 5.91 Å². The van der Waals surface area contributed by atoms with Gasteiger partial charge in [-0.15, -0.1) is 0 Å². The highest BCUT2D eigenvalue weighted by Crippen LogP contribution is 2.23. The number of anilines is 3. The molecule has 25 heavy (non-hydrogen) atoms. The number of carbonyl (C=O) groups excluding carboxylic acids is 1. The van der Waals surface area contributed by atoms with Crippen molar-refractivity contribution < 1.29 is 9.18 Å². The summed E-state index contributed by atoms with van der Waals surface area (Å²) in [6.45, 7) is 0. The van der Waals surface area contributed by atoms with E-state index in [4.69, 9.17) is 11.6 Å². The lowest BCUT2D eigenvalue weighted by atomic mass is 10.2. The molecule has 0 saturated heterocycles. The van der Waals surface area contributed by atoms with Gasteiger partial charge >= 0.3 is 0 Å². The second kappa shape index (κ2) is 7.32. The summed E-state index contributed by atoms with van der Waals surface area (Å²) in [6, 6.07) is 16.9. The molecule has 0 atom stereocenters. The molecule has 0 aliphatic rings. The number of nitrogens with one attached hydrogen (secondary N) is 1. The minimum Gasteiger partial charge on any atom is -0.340 e. The molecule has 3 aromatic rings. The molecule has 126 valence electrons. The fourth-order valence-corrected chi connectivity index (χ4v) is 2.50. The number of carbonyl (C=O) groups is 1. The fourth-order valence-electron chi connectivity index (χ4n) is 2.32. The van der Waals surface area contributed by atoms with Gasteiger partial charge in [0, 0.05) is 30.2 Å². The van der Waals surface area contributed by atoms with Gasteiger partial charge in [0.2, 0.25) is 0 Å². The standard InChI is InChI=1S/C19H15ClFN3O/c1-24(15-5-3-2-4-6-15)19(25)13-9-10-22-18(11-13)23-14-7-8-17(21)16(20)12-14/h2-12H,1H3,(H,22,23). The van der Waals surface area contributed by atoms with Crippen molar-refractivity contribution in [2.45, 2.75) is 0 Å². The first-order valence-electron chi connectivity index (χ1n) is 7.56. The van der Waals surface area contributed by atoms with Crippen LogP contribution in [0.1, 0.15) is 10.4 Å². The van der Waals surface area contributed by atoms with Gasteiger partial charge in [0.1, 0.15) is 11.6 Å². The first-order chi connectivity index (χ1) is 12.0. The van der Waals surface area contributed by atoms with Crippen LogP contribution in [0.2, 0.25) is 5.02 Å². The van der Waals surface area contributed by atoms with E-state index in [1.807, 2.05) is 30.3 Å². The molecule has 1 heterocycles. The molecule has 0 bridgehead atoms. The van der Waals surface area contributed by atoms with Crippen LogP contribution in [0.4, 0.5) is 21.6 Å². The number of hydrogen-bond acceptors (Lipinski definition) is 3. The Morgan fingerprint density at radius 2 is 1.88 bits per heavy atom. The average molecular weight is 356 g/mol. The van der Waals surface area contributed by atoms with Gasteiger partial charge in [0.05, 0.1) is 5.02 Å². The largest absolute Gasteiger partial charge is 0.340 e. The van der Waals surface area contributed by atoms with Crippen molar-refractivity contribution in [2.75, 3.05) is 17.3 Å². The van der Waals surface area contributed by atoms with Gasteiger partial charge in [-0.25, -0.2) is 9.37 Å². The predicted molar refractivity (Wildman–Crippen MR) is 98.1 cm³/mol. The number of rotatable bonds is 4. The summed E-state index contributed by atoms with van der Waals surface area (Å²) in [5.74, 6) is -0.183. The molecular weight excluding hydrogens is 341 g/mol. The second-order valence-electron chi connectivity index (χ2n) is 5.38. The summed E-state index contributed by atoms with van der Waals surface area (Å²) in [4.78, 5) is 18.4. The molecule has 0 unspecified atom stereocenters. The molecule has 0 spiro atoms. The fraction of sp³-hybridized carbons (Fsp3) is 0.0526. The van der Waals surface area contributed by atoms with Crippen LogP contribution in [0.15, 0.2) is 66.9 Å². The van der Waals surface area contributed by atoms with Crippen molar-refractivity contribution in [3.8, 4) is 0 Å². The molecule has 2 aromatic carbocycles. The number of nitrogens with zero attached hydrogens (tertiary/aromatic N) is 2. The smallest absolute Gasteiger partial charge is 0.258 e. The number of halogens is 2. The molecular formula is C19H15ClFN3O. The van der Waals surface area contributed by atoms with E-state index in [0.29, 0.717) is 17.1 Å². The zero-order valence-corrected chi connectivity index (χ0v) is 14.2. The van der Waals surface area contributed by atoms with Gasteiger partial charge in [0.15, 0.2) is 0 Å². The van der Waals surface area contributed by atoms with Crippen molar-refractivity contribution in [2.24, 2.45) is 0 Å². The lowest BCUT2D eigenvalue weighted by molar-refractivity contribution is 0.0993. The Bertz CT molecular complexity index is 902. The van der Waals surface area contributed by atoms with Crippen LogP contribution >= 0.6 is 11.6 Å².